The number of nitrogens with zero attached hydrogens (tertiary/aromatic N) is 1. The summed E-state index contributed by atoms with van der Waals surface area (Å²) in [5, 5.41) is 1.22. The molecule has 1 aromatic rings. The van der Waals surface area contributed by atoms with Crippen LogP contribution >= 0.6 is 23.4 Å². The molecule has 2 atom stereocenters. The van der Waals surface area contributed by atoms with Gasteiger partial charge in [-0.3, -0.25) is 4.79 Å². The molecule has 0 aliphatic carbocycles. The molecule has 4 heteroatoms. The first-order valence-corrected chi connectivity index (χ1v) is 7.19. The Kier molecular flexibility index (Phi) is 4.00. The Bertz CT molecular complexity index is 424. The summed E-state index contributed by atoms with van der Waals surface area (Å²) in [5.74, 6) is 1.08. The molecule has 0 radical (unpaired) electrons. The van der Waals surface area contributed by atoms with E-state index in [4.69, 9.17) is 11.6 Å². The Morgan fingerprint density at radius 2 is 2.24 bits per heavy atom. The van der Waals surface area contributed by atoms with E-state index in [1.807, 2.05) is 30.0 Å². The average molecular weight is 270 g/mol. The van der Waals surface area contributed by atoms with Crippen LogP contribution in [0.3, 0.4) is 0 Å². The second-order valence-electron chi connectivity index (χ2n) is 4.31. The summed E-state index contributed by atoms with van der Waals surface area (Å²) in [5.41, 5.74) is 1.58. The smallest absolute Gasteiger partial charge is 0.152 e. The SMILES string of the molecule is CC1SCCN(c2c(Cl)cccc2C=O)C1C. The quantitative estimate of drug-likeness (QED) is 0.767. The number of benzene rings is 1. The van der Waals surface area contributed by atoms with E-state index in [0.717, 1.165) is 24.3 Å². The summed E-state index contributed by atoms with van der Waals surface area (Å²) in [4.78, 5) is 13.4. The van der Waals surface area contributed by atoms with Crippen molar-refractivity contribution in [2.75, 3.05) is 17.2 Å². The molecule has 0 amide bonds. The molecule has 92 valence electrons. The summed E-state index contributed by atoms with van der Waals surface area (Å²) >= 11 is 8.22. The molecule has 1 heterocycles. The summed E-state index contributed by atoms with van der Waals surface area (Å²) in [7, 11) is 0. The van der Waals surface area contributed by atoms with Crippen LogP contribution in [0, 0.1) is 0 Å². The van der Waals surface area contributed by atoms with Gasteiger partial charge in [0.1, 0.15) is 0 Å². The van der Waals surface area contributed by atoms with Crippen LogP contribution in [0.15, 0.2) is 18.2 Å². The molecule has 1 aromatic carbocycles. The van der Waals surface area contributed by atoms with Crippen LogP contribution in [0.4, 0.5) is 5.69 Å². The van der Waals surface area contributed by atoms with Crippen molar-refractivity contribution in [3.8, 4) is 0 Å². The molecule has 0 aromatic heterocycles. The number of rotatable bonds is 2. The lowest BCUT2D eigenvalue weighted by atomic mass is 10.1. The molecule has 2 rings (SSSR count). The number of carbonyl (C=O) groups is 1. The predicted octanol–water partition coefficient (Wildman–Crippen LogP) is 3.48. The summed E-state index contributed by atoms with van der Waals surface area (Å²) in [6.07, 6.45) is 0.889. The van der Waals surface area contributed by atoms with Crippen molar-refractivity contribution in [3.05, 3.63) is 28.8 Å². The Balaban J connectivity index is 2.41. The second kappa shape index (κ2) is 5.32. The number of para-hydroxylation sites is 1. The largest absolute Gasteiger partial charge is 0.365 e. The van der Waals surface area contributed by atoms with E-state index in [-0.39, 0.29) is 0 Å². The lowest BCUT2D eigenvalue weighted by Crippen LogP contribution is -2.45. The van der Waals surface area contributed by atoms with Crippen molar-refractivity contribution in [1.29, 1.82) is 0 Å². The maximum absolute atomic E-state index is 11.1. The molecule has 0 bridgehead atoms. The van der Waals surface area contributed by atoms with Gasteiger partial charge in [0.15, 0.2) is 6.29 Å². The molecule has 1 aliphatic rings. The lowest BCUT2D eigenvalue weighted by molar-refractivity contribution is 0.112. The third-order valence-corrected chi connectivity index (χ3v) is 4.96. The monoisotopic (exact) mass is 269 g/mol. The van der Waals surface area contributed by atoms with Gasteiger partial charge in [-0.05, 0) is 19.1 Å². The van der Waals surface area contributed by atoms with Gasteiger partial charge in [-0.2, -0.15) is 11.8 Å². The van der Waals surface area contributed by atoms with Crippen LogP contribution in [0.5, 0.6) is 0 Å². The van der Waals surface area contributed by atoms with Crippen LogP contribution in [0.25, 0.3) is 0 Å². The fourth-order valence-corrected chi connectivity index (χ4v) is 3.57. The van der Waals surface area contributed by atoms with Gasteiger partial charge in [0.05, 0.1) is 10.7 Å². The van der Waals surface area contributed by atoms with Crippen molar-refractivity contribution >= 4 is 35.3 Å². The van der Waals surface area contributed by atoms with E-state index in [9.17, 15) is 4.79 Å². The highest BCUT2D eigenvalue weighted by molar-refractivity contribution is 8.00. The van der Waals surface area contributed by atoms with Gasteiger partial charge in [0.25, 0.3) is 0 Å². The standard InChI is InChI=1S/C13H16ClNOS/c1-9-10(2)17-7-6-15(9)13-11(8-16)4-3-5-12(13)14/h3-5,8-10H,6-7H2,1-2H3. The van der Waals surface area contributed by atoms with Gasteiger partial charge < -0.3 is 4.90 Å². The predicted molar refractivity (Wildman–Crippen MR) is 75.6 cm³/mol. The summed E-state index contributed by atoms with van der Waals surface area (Å²) in [6.45, 7) is 5.36. The minimum Gasteiger partial charge on any atom is -0.365 e. The molecular formula is C13H16ClNOS. The molecule has 0 saturated carbocycles. The molecule has 2 nitrogen and oxygen atoms in total. The van der Waals surface area contributed by atoms with Crippen molar-refractivity contribution in [2.45, 2.75) is 25.1 Å². The Morgan fingerprint density at radius 3 is 2.94 bits per heavy atom. The van der Waals surface area contributed by atoms with E-state index < -0.39 is 0 Å². The fraction of sp³-hybridized carbons (Fsp3) is 0.462. The highest BCUT2D eigenvalue weighted by Crippen LogP contribution is 2.35. The highest BCUT2D eigenvalue weighted by atomic mass is 35.5. The van der Waals surface area contributed by atoms with Gasteiger partial charge in [-0.1, -0.05) is 24.6 Å². The Hall–Kier alpha value is -0.670. The molecule has 1 aliphatic heterocycles. The third kappa shape index (κ3) is 2.45. The summed E-state index contributed by atoms with van der Waals surface area (Å²) < 4.78 is 0. The van der Waals surface area contributed by atoms with Gasteiger partial charge in [0, 0.05) is 29.2 Å². The molecule has 17 heavy (non-hydrogen) atoms. The number of halogens is 1. The fourth-order valence-electron chi connectivity index (χ4n) is 2.18. The van der Waals surface area contributed by atoms with Gasteiger partial charge in [-0.15, -0.1) is 0 Å². The van der Waals surface area contributed by atoms with Gasteiger partial charge >= 0.3 is 0 Å². The third-order valence-electron chi connectivity index (χ3n) is 3.32. The zero-order valence-electron chi connectivity index (χ0n) is 10.0. The average Bonchev–Trinajstić information content (AvgIpc) is 2.33. The first-order chi connectivity index (χ1) is 8.15. The van der Waals surface area contributed by atoms with E-state index in [1.54, 1.807) is 0 Å². The van der Waals surface area contributed by atoms with Crippen LogP contribution in [0.1, 0.15) is 24.2 Å². The molecule has 1 fully saturated rings. The van der Waals surface area contributed by atoms with Gasteiger partial charge in [0.2, 0.25) is 0 Å². The normalized spacial score (nSPS) is 24.8. The van der Waals surface area contributed by atoms with Gasteiger partial charge in [-0.25, -0.2) is 0 Å². The number of thioether (sulfide) groups is 1. The summed E-state index contributed by atoms with van der Waals surface area (Å²) in [6, 6.07) is 5.89. The van der Waals surface area contributed by atoms with Crippen molar-refractivity contribution in [3.63, 3.8) is 0 Å². The van der Waals surface area contributed by atoms with E-state index >= 15 is 0 Å². The molecular weight excluding hydrogens is 254 g/mol. The second-order valence-corrected chi connectivity index (χ2v) is 6.20. The molecule has 0 N–H and O–H groups in total. The van der Waals surface area contributed by atoms with Crippen molar-refractivity contribution in [2.24, 2.45) is 0 Å². The zero-order chi connectivity index (χ0) is 12.4. The maximum Gasteiger partial charge on any atom is 0.152 e. The van der Waals surface area contributed by atoms with Crippen LogP contribution in [-0.4, -0.2) is 29.9 Å². The number of carbonyl (C=O) groups excluding carboxylic acids is 1. The van der Waals surface area contributed by atoms with Crippen molar-refractivity contribution in [1.82, 2.24) is 0 Å². The number of anilines is 1. The first-order valence-electron chi connectivity index (χ1n) is 5.77. The zero-order valence-corrected chi connectivity index (χ0v) is 11.6. The van der Waals surface area contributed by atoms with E-state index in [2.05, 4.69) is 18.7 Å². The first kappa shape index (κ1) is 12.8. The lowest BCUT2D eigenvalue weighted by Gasteiger charge is -2.40. The minimum absolute atomic E-state index is 0.396. The van der Waals surface area contributed by atoms with Crippen LogP contribution in [-0.2, 0) is 0 Å². The molecule has 0 spiro atoms. The molecule has 1 saturated heterocycles. The minimum atomic E-state index is 0.396. The van der Waals surface area contributed by atoms with Crippen molar-refractivity contribution < 1.29 is 4.79 Å². The van der Waals surface area contributed by atoms with Crippen LogP contribution in [0.2, 0.25) is 5.02 Å². The van der Waals surface area contributed by atoms with Crippen LogP contribution < -0.4 is 4.90 Å². The molecule has 2 unspecified atom stereocenters. The van der Waals surface area contributed by atoms with E-state index in [0.29, 0.717) is 21.9 Å². The number of hydrogen-bond donors (Lipinski definition) is 0. The topological polar surface area (TPSA) is 20.3 Å². The number of hydrogen-bond acceptors (Lipinski definition) is 3. The Labute approximate surface area is 111 Å². The maximum atomic E-state index is 11.1. The Morgan fingerprint density at radius 1 is 1.47 bits per heavy atom. The highest BCUT2D eigenvalue weighted by Gasteiger charge is 2.28. The number of aldehydes is 1. The van der Waals surface area contributed by atoms with E-state index in [1.165, 1.54) is 0 Å².